The highest BCUT2D eigenvalue weighted by Crippen LogP contribution is 2.35. The van der Waals surface area contributed by atoms with Gasteiger partial charge in [-0.15, -0.1) is 0 Å². The number of aromatic hydroxyl groups is 1. The lowest BCUT2D eigenvalue weighted by Gasteiger charge is -2.16. The second-order valence-corrected chi connectivity index (χ2v) is 10.6. The number of unbranched alkanes of at least 4 members (excludes halogenated alkanes) is 1. The van der Waals surface area contributed by atoms with Crippen molar-refractivity contribution in [3.05, 3.63) is 103 Å². The molecule has 1 aromatic heterocycles. The van der Waals surface area contributed by atoms with E-state index >= 15 is 0 Å². The molecule has 0 spiro atoms. The van der Waals surface area contributed by atoms with Crippen LogP contribution in [0.15, 0.2) is 103 Å². The predicted octanol–water partition coefficient (Wildman–Crippen LogP) is 8.86. The zero-order valence-electron chi connectivity index (χ0n) is 24.9. The van der Waals surface area contributed by atoms with E-state index in [0.717, 1.165) is 46.6 Å². The highest BCUT2D eigenvalue weighted by atomic mass is 16.5. The van der Waals surface area contributed by atoms with Crippen molar-refractivity contribution in [2.45, 2.75) is 39.5 Å². The molecule has 1 unspecified atom stereocenters. The highest BCUT2D eigenvalue weighted by molar-refractivity contribution is 5.83. The molecule has 0 bridgehead atoms. The van der Waals surface area contributed by atoms with E-state index in [9.17, 15) is 5.11 Å². The Balaban J connectivity index is 1.46. The van der Waals surface area contributed by atoms with Gasteiger partial charge in [-0.05, 0) is 53.8 Å². The number of phenolic OH excluding ortho intramolecular Hbond substituents is 1. The van der Waals surface area contributed by atoms with Crippen molar-refractivity contribution in [3.8, 4) is 56.8 Å². The maximum absolute atomic E-state index is 9.97. The Morgan fingerprint density at radius 2 is 1.28 bits per heavy atom. The largest absolute Gasteiger partial charge is 0.508 e. The fraction of sp³-hybridized carbons (Fsp3) is 0.270. The molecule has 4 aromatic carbocycles. The van der Waals surface area contributed by atoms with Gasteiger partial charge in [-0.1, -0.05) is 106 Å². The van der Waals surface area contributed by atoms with E-state index in [1.807, 2.05) is 91.0 Å². The molecular weight excluding hydrogens is 534 g/mol. The number of nitrogens with zero attached hydrogens (tertiary/aromatic N) is 3. The van der Waals surface area contributed by atoms with Crippen molar-refractivity contribution in [2.75, 3.05) is 19.8 Å². The Hall–Kier alpha value is -4.55. The molecule has 5 aromatic rings. The molecule has 6 nitrogen and oxygen atoms in total. The van der Waals surface area contributed by atoms with Crippen LogP contribution in [0.25, 0.3) is 45.3 Å². The summed E-state index contributed by atoms with van der Waals surface area (Å²) >= 11 is 0. The minimum atomic E-state index is 0.206. The Bertz CT molecular complexity index is 1520. The fourth-order valence-electron chi connectivity index (χ4n) is 4.98. The first kappa shape index (κ1) is 29.9. The number of hydrogen-bond donors (Lipinski definition) is 1. The predicted molar refractivity (Wildman–Crippen MR) is 173 cm³/mol. The van der Waals surface area contributed by atoms with Gasteiger partial charge in [0.15, 0.2) is 17.5 Å². The summed E-state index contributed by atoms with van der Waals surface area (Å²) < 4.78 is 12.1. The third-order valence-electron chi connectivity index (χ3n) is 7.50. The molecule has 6 heteroatoms. The molecule has 0 aliphatic carbocycles. The van der Waals surface area contributed by atoms with Gasteiger partial charge in [0.1, 0.15) is 18.1 Å². The second-order valence-electron chi connectivity index (χ2n) is 10.6. The molecule has 0 saturated carbocycles. The van der Waals surface area contributed by atoms with Crippen molar-refractivity contribution >= 4 is 0 Å². The van der Waals surface area contributed by atoms with Crippen LogP contribution in [-0.2, 0) is 4.74 Å². The smallest absolute Gasteiger partial charge is 0.164 e. The van der Waals surface area contributed by atoms with E-state index in [0.29, 0.717) is 36.6 Å². The van der Waals surface area contributed by atoms with Crippen molar-refractivity contribution in [1.29, 1.82) is 0 Å². The van der Waals surface area contributed by atoms with Crippen LogP contribution < -0.4 is 4.74 Å². The van der Waals surface area contributed by atoms with Gasteiger partial charge in [0.25, 0.3) is 0 Å². The van der Waals surface area contributed by atoms with Gasteiger partial charge in [-0.25, -0.2) is 15.0 Å². The summed E-state index contributed by atoms with van der Waals surface area (Å²) in [4.78, 5) is 14.7. The zero-order valence-corrected chi connectivity index (χ0v) is 24.9. The summed E-state index contributed by atoms with van der Waals surface area (Å²) in [6.07, 6.45) is 4.80. The molecule has 1 N–H and O–H groups in total. The van der Waals surface area contributed by atoms with E-state index < -0.39 is 0 Å². The molecule has 0 amide bonds. The minimum Gasteiger partial charge on any atom is -0.508 e. The molecule has 0 radical (unpaired) electrons. The van der Waals surface area contributed by atoms with E-state index in [-0.39, 0.29) is 5.75 Å². The average Bonchev–Trinajstić information content (AvgIpc) is 3.07. The topological polar surface area (TPSA) is 77.4 Å². The van der Waals surface area contributed by atoms with Crippen LogP contribution in [0.2, 0.25) is 0 Å². The molecule has 0 aliphatic heterocycles. The maximum atomic E-state index is 9.97. The average molecular weight is 574 g/mol. The van der Waals surface area contributed by atoms with Crippen LogP contribution in [0.5, 0.6) is 11.5 Å². The van der Waals surface area contributed by atoms with Gasteiger partial charge in [0.05, 0.1) is 6.61 Å². The normalized spacial score (nSPS) is 11.8. The lowest BCUT2D eigenvalue weighted by molar-refractivity contribution is 0.0700. The first-order valence-corrected chi connectivity index (χ1v) is 15.2. The quantitative estimate of drug-likeness (QED) is 0.134. The van der Waals surface area contributed by atoms with Crippen LogP contribution in [0.3, 0.4) is 0 Å². The van der Waals surface area contributed by atoms with Crippen LogP contribution in [0, 0.1) is 5.92 Å². The Morgan fingerprint density at radius 3 is 1.88 bits per heavy atom. The van der Waals surface area contributed by atoms with E-state index in [1.165, 1.54) is 19.3 Å². The summed E-state index contributed by atoms with van der Waals surface area (Å²) in [5, 5.41) is 9.97. The van der Waals surface area contributed by atoms with Crippen molar-refractivity contribution in [2.24, 2.45) is 5.92 Å². The third-order valence-corrected chi connectivity index (χ3v) is 7.50. The van der Waals surface area contributed by atoms with Crippen LogP contribution in [-0.4, -0.2) is 39.9 Å². The van der Waals surface area contributed by atoms with Gasteiger partial charge in [0, 0.05) is 23.3 Å². The molecule has 1 heterocycles. The molecule has 5 rings (SSSR count). The highest BCUT2D eigenvalue weighted by Gasteiger charge is 2.17. The standard InChI is InChI=1S/C37H39N3O3/c1-3-5-12-27(4-2)26-42-23-24-43-32-21-22-33(34(25-32)28-17-19-31(41)20-18-28)37-39-35(29-13-8-6-9-14-29)38-36(40-37)30-15-10-7-11-16-30/h6-11,13-22,25,27,41H,3-5,12,23-24,26H2,1-2H3. The van der Waals surface area contributed by atoms with Crippen LogP contribution >= 0.6 is 0 Å². The van der Waals surface area contributed by atoms with E-state index in [1.54, 1.807) is 12.1 Å². The zero-order chi connectivity index (χ0) is 29.9. The van der Waals surface area contributed by atoms with Gasteiger partial charge < -0.3 is 14.6 Å². The van der Waals surface area contributed by atoms with Crippen LogP contribution in [0.1, 0.15) is 39.5 Å². The van der Waals surface area contributed by atoms with Crippen molar-refractivity contribution < 1.29 is 14.6 Å². The number of rotatable bonds is 14. The molecule has 43 heavy (non-hydrogen) atoms. The number of ether oxygens (including phenoxy) is 2. The number of benzene rings is 4. The minimum absolute atomic E-state index is 0.206. The lowest BCUT2D eigenvalue weighted by atomic mass is 9.98. The molecular formula is C37H39N3O3. The van der Waals surface area contributed by atoms with Crippen molar-refractivity contribution in [3.63, 3.8) is 0 Å². The molecule has 1 atom stereocenters. The van der Waals surface area contributed by atoms with Gasteiger partial charge in [0.2, 0.25) is 0 Å². The van der Waals surface area contributed by atoms with Gasteiger partial charge >= 0.3 is 0 Å². The van der Waals surface area contributed by atoms with Gasteiger partial charge in [-0.3, -0.25) is 0 Å². The monoisotopic (exact) mass is 573 g/mol. The number of phenols is 1. The summed E-state index contributed by atoms with van der Waals surface area (Å²) in [5.41, 5.74) is 4.48. The Morgan fingerprint density at radius 1 is 0.651 bits per heavy atom. The number of hydrogen-bond acceptors (Lipinski definition) is 6. The third kappa shape index (κ3) is 8.05. The Labute approximate surface area is 254 Å². The summed E-state index contributed by atoms with van der Waals surface area (Å²) in [6, 6.07) is 33.0. The molecule has 220 valence electrons. The number of aromatic nitrogens is 3. The van der Waals surface area contributed by atoms with Crippen LogP contribution in [0.4, 0.5) is 0 Å². The SMILES string of the molecule is CCCCC(CC)COCCOc1ccc(-c2nc(-c3ccccc3)nc(-c3ccccc3)n2)c(-c2ccc(O)cc2)c1. The lowest BCUT2D eigenvalue weighted by Crippen LogP contribution is -2.13. The first-order chi connectivity index (χ1) is 21.1. The first-order valence-electron chi connectivity index (χ1n) is 15.2. The van der Waals surface area contributed by atoms with Gasteiger partial charge in [-0.2, -0.15) is 0 Å². The molecule has 0 fully saturated rings. The summed E-state index contributed by atoms with van der Waals surface area (Å²) in [5.74, 6) is 3.29. The summed E-state index contributed by atoms with van der Waals surface area (Å²) in [7, 11) is 0. The van der Waals surface area contributed by atoms with Crippen molar-refractivity contribution in [1.82, 2.24) is 15.0 Å². The molecule has 0 aliphatic rings. The van der Waals surface area contributed by atoms with E-state index in [2.05, 4.69) is 13.8 Å². The second kappa shape index (κ2) is 15.1. The van der Waals surface area contributed by atoms with E-state index in [4.69, 9.17) is 24.4 Å². The molecule has 0 saturated heterocycles. The maximum Gasteiger partial charge on any atom is 0.164 e. The summed E-state index contributed by atoms with van der Waals surface area (Å²) in [6.45, 7) is 6.22. The Kier molecular flexibility index (Phi) is 10.5. The fourth-order valence-corrected chi connectivity index (χ4v) is 4.98.